The molecule has 0 aliphatic heterocycles. The van der Waals surface area contributed by atoms with E-state index in [-0.39, 0.29) is 10.5 Å². The van der Waals surface area contributed by atoms with Gasteiger partial charge in [-0.1, -0.05) is 42.5 Å². The fourth-order valence-electron chi connectivity index (χ4n) is 2.90. The molecule has 0 spiro atoms. The Morgan fingerprint density at radius 2 is 1.69 bits per heavy atom. The van der Waals surface area contributed by atoms with Gasteiger partial charge in [0.1, 0.15) is 0 Å². The zero-order valence-corrected chi connectivity index (χ0v) is 17.1. The molecule has 1 amide bonds. The van der Waals surface area contributed by atoms with E-state index in [0.29, 0.717) is 11.3 Å². The number of nitrogens with one attached hydrogen (secondary N) is 1. The number of hydrogen-bond acceptors (Lipinski definition) is 5. The summed E-state index contributed by atoms with van der Waals surface area (Å²) in [5.41, 5.74) is 1.29. The summed E-state index contributed by atoms with van der Waals surface area (Å²) >= 11 is 0. The van der Waals surface area contributed by atoms with E-state index >= 15 is 0 Å². The summed E-state index contributed by atoms with van der Waals surface area (Å²) in [4.78, 5) is 25.1. The van der Waals surface area contributed by atoms with Gasteiger partial charge in [-0.25, -0.2) is 13.2 Å². The van der Waals surface area contributed by atoms with Crippen LogP contribution in [0.2, 0.25) is 0 Å². The van der Waals surface area contributed by atoms with E-state index in [4.69, 9.17) is 4.74 Å². The Morgan fingerprint density at radius 1 is 1.00 bits per heavy atom. The lowest BCUT2D eigenvalue weighted by atomic mass is 10.1. The van der Waals surface area contributed by atoms with Gasteiger partial charge in [-0.2, -0.15) is 0 Å². The summed E-state index contributed by atoms with van der Waals surface area (Å²) in [7, 11) is -3.47. The van der Waals surface area contributed by atoms with Crippen LogP contribution in [0, 0.1) is 6.92 Å². The van der Waals surface area contributed by atoms with Crippen molar-refractivity contribution in [1.82, 2.24) is 0 Å². The Hall–Kier alpha value is -3.19. The monoisotopic (exact) mass is 411 g/mol. The van der Waals surface area contributed by atoms with Crippen molar-refractivity contribution in [2.45, 2.75) is 24.8 Å². The number of hydrogen-bond donors (Lipinski definition) is 1. The zero-order valence-electron chi connectivity index (χ0n) is 16.3. The highest BCUT2D eigenvalue weighted by Crippen LogP contribution is 2.23. The number of anilines is 1. The van der Waals surface area contributed by atoms with Crippen LogP contribution in [0.1, 0.15) is 22.8 Å². The van der Waals surface area contributed by atoms with Gasteiger partial charge in [0, 0.05) is 17.3 Å². The maximum absolute atomic E-state index is 12.5. The molecule has 3 aromatic rings. The molecule has 0 heterocycles. The highest BCUT2D eigenvalue weighted by molar-refractivity contribution is 7.90. The van der Waals surface area contributed by atoms with Gasteiger partial charge in [0.25, 0.3) is 5.91 Å². The second kappa shape index (κ2) is 8.05. The molecule has 29 heavy (non-hydrogen) atoms. The molecule has 6 nitrogen and oxygen atoms in total. The van der Waals surface area contributed by atoms with Crippen molar-refractivity contribution in [1.29, 1.82) is 0 Å². The van der Waals surface area contributed by atoms with E-state index in [9.17, 15) is 18.0 Å². The van der Waals surface area contributed by atoms with E-state index in [1.54, 1.807) is 13.0 Å². The van der Waals surface area contributed by atoms with E-state index in [2.05, 4.69) is 5.32 Å². The number of carbonyl (C=O) groups excluding carboxylic acids is 2. The van der Waals surface area contributed by atoms with Gasteiger partial charge in [-0.3, -0.25) is 4.79 Å². The Morgan fingerprint density at radius 3 is 2.41 bits per heavy atom. The molecule has 1 atom stereocenters. The largest absolute Gasteiger partial charge is 0.449 e. The van der Waals surface area contributed by atoms with E-state index in [1.807, 2.05) is 36.4 Å². The van der Waals surface area contributed by atoms with Gasteiger partial charge in [0.15, 0.2) is 15.9 Å². The molecule has 0 bridgehead atoms. The quantitative estimate of drug-likeness (QED) is 0.646. The zero-order chi connectivity index (χ0) is 21.2. The third kappa shape index (κ3) is 4.63. The number of aryl methyl sites for hydroxylation is 1. The second-order valence-electron chi connectivity index (χ2n) is 6.81. The smallest absolute Gasteiger partial charge is 0.339 e. The first-order valence-electron chi connectivity index (χ1n) is 8.97. The molecule has 0 saturated heterocycles. The van der Waals surface area contributed by atoms with Crippen molar-refractivity contribution >= 4 is 38.2 Å². The maximum atomic E-state index is 12.5. The summed E-state index contributed by atoms with van der Waals surface area (Å²) in [6.07, 6.45) is -0.00436. The number of sulfone groups is 1. The Labute approximate surface area is 169 Å². The number of carbonyl (C=O) groups is 2. The first-order valence-corrected chi connectivity index (χ1v) is 10.9. The van der Waals surface area contributed by atoms with Gasteiger partial charge in [-0.05, 0) is 43.0 Å². The summed E-state index contributed by atoms with van der Waals surface area (Å²) in [6.45, 7) is 3.14. The molecule has 0 fully saturated rings. The molecule has 3 rings (SSSR count). The summed E-state index contributed by atoms with van der Waals surface area (Å²) in [5, 5.41) is 4.63. The molecular formula is C22H21NO5S. The number of benzene rings is 3. The van der Waals surface area contributed by atoms with Crippen LogP contribution >= 0.6 is 0 Å². The summed E-state index contributed by atoms with van der Waals surface area (Å²) < 4.78 is 28.8. The summed E-state index contributed by atoms with van der Waals surface area (Å²) in [5.74, 6) is -1.24. The first-order chi connectivity index (χ1) is 13.7. The van der Waals surface area contributed by atoms with E-state index in [1.165, 1.54) is 25.1 Å². The van der Waals surface area contributed by atoms with Gasteiger partial charge < -0.3 is 10.1 Å². The van der Waals surface area contributed by atoms with E-state index in [0.717, 1.165) is 17.0 Å². The third-order valence-corrected chi connectivity index (χ3v) is 5.67. The Kier molecular flexibility index (Phi) is 5.70. The fourth-order valence-corrected chi connectivity index (χ4v) is 3.55. The average Bonchev–Trinajstić information content (AvgIpc) is 2.67. The van der Waals surface area contributed by atoms with Crippen molar-refractivity contribution < 1.29 is 22.7 Å². The molecule has 0 aliphatic carbocycles. The van der Waals surface area contributed by atoms with Crippen molar-refractivity contribution in [3.63, 3.8) is 0 Å². The maximum Gasteiger partial charge on any atom is 0.339 e. The minimum Gasteiger partial charge on any atom is -0.449 e. The number of amides is 1. The lowest BCUT2D eigenvalue weighted by Gasteiger charge is -2.16. The van der Waals surface area contributed by atoms with Crippen molar-refractivity contribution in [3.8, 4) is 0 Å². The Balaban J connectivity index is 1.77. The van der Waals surface area contributed by atoms with Crippen molar-refractivity contribution in [2.75, 3.05) is 11.6 Å². The SMILES string of the molecule is Cc1ccc(S(C)(=O)=O)cc1C(=O)OC(C)C(=O)Nc1cccc2ccccc12. The van der Waals surface area contributed by atoms with Crippen LogP contribution in [0.25, 0.3) is 10.8 Å². The number of ether oxygens (including phenoxy) is 1. The van der Waals surface area contributed by atoms with Crippen molar-refractivity contribution in [3.05, 3.63) is 71.8 Å². The predicted octanol–water partition coefficient (Wildman–Crippen LogP) is 3.74. The van der Waals surface area contributed by atoms with Crippen LogP contribution in [0.3, 0.4) is 0 Å². The molecule has 3 aromatic carbocycles. The van der Waals surface area contributed by atoms with Gasteiger partial charge in [0.05, 0.1) is 10.5 Å². The summed E-state index contributed by atoms with van der Waals surface area (Å²) in [6, 6.07) is 17.4. The molecule has 7 heteroatoms. The molecule has 0 saturated carbocycles. The highest BCUT2D eigenvalue weighted by Gasteiger charge is 2.22. The molecule has 1 N–H and O–H groups in total. The minimum atomic E-state index is -3.47. The number of rotatable bonds is 5. The average molecular weight is 411 g/mol. The molecule has 1 unspecified atom stereocenters. The van der Waals surface area contributed by atoms with Crippen LogP contribution in [-0.4, -0.2) is 32.7 Å². The molecule has 0 aliphatic rings. The molecule has 150 valence electrons. The predicted molar refractivity (Wildman–Crippen MR) is 112 cm³/mol. The normalized spacial score (nSPS) is 12.4. The van der Waals surface area contributed by atoms with Crippen LogP contribution in [-0.2, 0) is 19.4 Å². The topological polar surface area (TPSA) is 89.5 Å². The molecule has 0 radical (unpaired) electrons. The Bertz CT molecular complexity index is 1200. The first kappa shape index (κ1) is 20.5. The van der Waals surface area contributed by atoms with Crippen LogP contribution in [0.15, 0.2) is 65.6 Å². The second-order valence-corrected chi connectivity index (χ2v) is 8.83. The highest BCUT2D eigenvalue weighted by atomic mass is 32.2. The minimum absolute atomic E-state index is 0.0166. The molecule has 0 aromatic heterocycles. The van der Waals surface area contributed by atoms with Gasteiger partial charge >= 0.3 is 5.97 Å². The van der Waals surface area contributed by atoms with Gasteiger partial charge in [0.2, 0.25) is 0 Å². The standard InChI is InChI=1S/C22H21NO5S/c1-14-11-12-17(29(3,26)27)13-19(14)22(25)28-15(2)21(24)23-20-10-6-8-16-7-4-5-9-18(16)20/h4-13,15H,1-3H3,(H,23,24). The number of esters is 1. The van der Waals surface area contributed by atoms with Crippen LogP contribution in [0.4, 0.5) is 5.69 Å². The fraction of sp³-hybridized carbons (Fsp3) is 0.182. The molecular weight excluding hydrogens is 390 g/mol. The van der Waals surface area contributed by atoms with Gasteiger partial charge in [-0.15, -0.1) is 0 Å². The van der Waals surface area contributed by atoms with E-state index < -0.39 is 27.8 Å². The third-order valence-electron chi connectivity index (χ3n) is 4.56. The van der Waals surface area contributed by atoms with Crippen LogP contribution in [0.5, 0.6) is 0 Å². The lowest BCUT2D eigenvalue weighted by molar-refractivity contribution is -0.123. The number of fused-ring (bicyclic) bond motifs is 1. The lowest BCUT2D eigenvalue weighted by Crippen LogP contribution is -2.30. The van der Waals surface area contributed by atoms with Crippen LogP contribution < -0.4 is 5.32 Å². The van der Waals surface area contributed by atoms with Crippen molar-refractivity contribution in [2.24, 2.45) is 0 Å².